The molecule has 1 fully saturated rings. The molecule has 1 heterocycles. The minimum absolute atomic E-state index is 0.00253. The van der Waals surface area contributed by atoms with Crippen LogP contribution in [0.4, 0.5) is 0 Å². The van der Waals surface area contributed by atoms with Crippen molar-refractivity contribution in [2.45, 2.75) is 31.8 Å². The number of carbonyl (C=O) groups excluding carboxylic acids is 2. The Morgan fingerprint density at radius 1 is 1.35 bits per heavy atom. The van der Waals surface area contributed by atoms with Crippen molar-refractivity contribution in [2.75, 3.05) is 6.61 Å². The summed E-state index contributed by atoms with van der Waals surface area (Å²) in [5.41, 5.74) is 0.447. The highest BCUT2D eigenvalue weighted by Gasteiger charge is 2.36. The molecule has 1 N–H and O–H groups in total. The Hall–Kier alpha value is -1.92. The summed E-state index contributed by atoms with van der Waals surface area (Å²) in [5, 5.41) is 9.55. The Balaban J connectivity index is 1.81. The lowest BCUT2D eigenvalue weighted by atomic mass is 10.2. The fourth-order valence-electron chi connectivity index (χ4n) is 1.97. The van der Waals surface area contributed by atoms with Crippen LogP contribution in [0.15, 0.2) is 30.3 Å². The molecular formula is C14H16O6. The lowest BCUT2D eigenvalue weighted by Gasteiger charge is -2.11. The highest BCUT2D eigenvalue weighted by molar-refractivity contribution is 5.89. The third-order valence-electron chi connectivity index (χ3n) is 2.87. The van der Waals surface area contributed by atoms with E-state index in [1.54, 1.807) is 30.3 Å². The number of ether oxygens (including phenoxy) is 3. The molecule has 6 nitrogen and oxygen atoms in total. The summed E-state index contributed by atoms with van der Waals surface area (Å²) in [6.45, 7) is 1.26. The van der Waals surface area contributed by atoms with Gasteiger partial charge in [0, 0.05) is 13.3 Å². The Bertz CT molecular complexity index is 472. The van der Waals surface area contributed by atoms with Gasteiger partial charge >= 0.3 is 11.9 Å². The van der Waals surface area contributed by atoms with Crippen molar-refractivity contribution in [1.82, 2.24) is 0 Å². The van der Waals surface area contributed by atoms with Gasteiger partial charge in [-0.2, -0.15) is 0 Å². The van der Waals surface area contributed by atoms with Crippen molar-refractivity contribution < 1.29 is 28.9 Å². The lowest BCUT2D eigenvalue weighted by Crippen LogP contribution is -2.25. The fourth-order valence-corrected chi connectivity index (χ4v) is 1.97. The quantitative estimate of drug-likeness (QED) is 0.825. The maximum absolute atomic E-state index is 11.7. The first-order valence-electron chi connectivity index (χ1n) is 6.29. The summed E-state index contributed by atoms with van der Waals surface area (Å²) in [5.74, 6) is -0.945. The van der Waals surface area contributed by atoms with Crippen LogP contribution in [-0.2, 0) is 19.0 Å². The third-order valence-corrected chi connectivity index (χ3v) is 2.87. The van der Waals surface area contributed by atoms with Crippen molar-refractivity contribution in [3.63, 3.8) is 0 Å². The standard InChI is InChI=1S/C14H16O6/c1-9(15)19-12-7-11(20-14(12)17)8-18-13(16)10-5-3-2-4-6-10/h2-6,11-12,14,17H,7-8H2,1H3/t11-,12+,14+/m0/s1. The van der Waals surface area contributed by atoms with Crippen molar-refractivity contribution >= 4 is 11.9 Å². The van der Waals surface area contributed by atoms with Crippen LogP contribution in [0.5, 0.6) is 0 Å². The summed E-state index contributed by atoms with van der Waals surface area (Å²) >= 11 is 0. The summed E-state index contributed by atoms with van der Waals surface area (Å²) in [4.78, 5) is 22.5. The molecule has 0 amide bonds. The first-order chi connectivity index (χ1) is 9.56. The van der Waals surface area contributed by atoms with Gasteiger partial charge in [-0.05, 0) is 12.1 Å². The maximum atomic E-state index is 11.7. The van der Waals surface area contributed by atoms with E-state index in [1.165, 1.54) is 6.92 Å². The second-order valence-electron chi connectivity index (χ2n) is 4.50. The summed E-state index contributed by atoms with van der Waals surface area (Å²) in [6, 6.07) is 8.58. The predicted molar refractivity (Wildman–Crippen MR) is 67.8 cm³/mol. The molecule has 20 heavy (non-hydrogen) atoms. The van der Waals surface area contributed by atoms with E-state index < -0.39 is 30.4 Å². The van der Waals surface area contributed by atoms with Gasteiger partial charge in [0.25, 0.3) is 0 Å². The van der Waals surface area contributed by atoms with Gasteiger partial charge in [-0.1, -0.05) is 18.2 Å². The van der Waals surface area contributed by atoms with Gasteiger partial charge in [-0.25, -0.2) is 4.79 Å². The van der Waals surface area contributed by atoms with Crippen molar-refractivity contribution in [3.05, 3.63) is 35.9 Å². The molecule has 0 aromatic heterocycles. The van der Waals surface area contributed by atoms with Crippen molar-refractivity contribution in [3.8, 4) is 0 Å². The highest BCUT2D eigenvalue weighted by atomic mass is 16.7. The van der Waals surface area contributed by atoms with Gasteiger partial charge in [-0.15, -0.1) is 0 Å². The average molecular weight is 280 g/mol. The molecule has 0 spiro atoms. The Morgan fingerprint density at radius 2 is 2.05 bits per heavy atom. The van der Waals surface area contributed by atoms with Crippen LogP contribution in [0.3, 0.4) is 0 Å². The molecule has 0 aliphatic carbocycles. The van der Waals surface area contributed by atoms with Crippen molar-refractivity contribution in [2.24, 2.45) is 0 Å². The van der Waals surface area contributed by atoms with E-state index in [-0.39, 0.29) is 6.61 Å². The number of rotatable bonds is 4. The molecule has 6 heteroatoms. The zero-order chi connectivity index (χ0) is 14.5. The first-order valence-corrected chi connectivity index (χ1v) is 6.29. The summed E-state index contributed by atoms with van der Waals surface area (Å²) in [6.07, 6.45) is -2.09. The third kappa shape index (κ3) is 3.79. The van der Waals surface area contributed by atoms with Crippen LogP contribution in [0.25, 0.3) is 0 Å². The number of benzene rings is 1. The summed E-state index contributed by atoms with van der Waals surface area (Å²) in [7, 11) is 0. The maximum Gasteiger partial charge on any atom is 0.338 e. The Morgan fingerprint density at radius 3 is 2.70 bits per heavy atom. The molecule has 1 aromatic carbocycles. The second kappa shape index (κ2) is 6.49. The van der Waals surface area contributed by atoms with Gasteiger partial charge in [0.15, 0.2) is 12.4 Å². The van der Waals surface area contributed by atoms with E-state index in [2.05, 4.69) is 0 Å². The predicted octanol–water partition coefficient (Wildman–Crippen LogP) is 0.882. The van der Waals surface area contributed by atoms with Gasteiger partial charge in [0.05, 0.1) is 11.7 Å². The normalized spacial score (nSPS) is 25.2. The van der Waals surface area contributed by atoms with E-state index in [9.17, 15) is 14.7 Å². The first kappa shape index (κ1) is 14.5. The number of esters is 2. The second-order valence-corrected chi connectivity index (χ2v) is 4.50. The molecular weight excluding hydrogens is 264 g/mol. The molecule has 0 bridgehead atoms. The van der Waals surface area contributed by atoms with Gasteiger partial charge in [0.2, 0.25) is 0 Å². The van der Waals surface area contributed by atoms with E-state index in [0.29, 0.717) is 12.0 Å². The van der Waals surface area contributed by atoms with Crippen molar-refractivity contribution in [1.29, 1.82) is 0 Å². The molecule has 3 atom stereocenters. The molecule has 0 unspecified atom stereocenters. The van der Waals surface area contributed by atoms with E-state index in [4.69, 9.17) is 14.2 Å². The van der Waals surface area contributed by atoms with E-state index in [0.717, 1.165) is 0 Å². The van der Waals surface area contributed by atoms with Crippen LogP contribution in [0, 0.1) is 0 Å². The smallest absolute Gasteiger partial charge is 0.338 e. The molecule has 0 radical (unpaired) electrons. The monoisotopic (exact) mass is 280 g/mol. The van der Waals surface area contributed by atoms with Gasteiger partial charge in [-0.3, -0.25) is 4.79 Å². The molecule has 2 rings (SSSR count). The molecule has 0 saturated carbocycles. The number of hydrogen-bond donors (Lipinski definition) is 1. The largest absolute Gasteiger partial charge is 0.459 e. The highest BCUT2D eigenvalue weighted by Crippen LogP contribution is 2.22. The zero-order valence-electron chi connectivity index (χ0n) is 11.0. The molecule has 1 aliphatic heterocycles. The van der Waals surface area contributed by atoms with Crippen LogP contribution in [0.1, 0.15) is 23.7 Å². The number of aliphatic hydroxyl groups is 1. The van der Waals surface area contributed by atoms with E-state index >= 15 is 0 Å². The molecule has 1 saturated heterocycles. The number of hydrogen-bond acceptors (Lipinski definition) is 6. The Labute approximate surface area is 116 Å². The van der Waals surface area contributed by atoms with Crippen LogP contribution in [0.2, 0.25) is 0 Å². The molecule has 1 aliphatic rings. The molecule has 1 aromatic rings. The van der Waals surface area contributed by atoms with Gasteiger partial charge < -0.3 is 19.3 Å². The minimum atomic E-state index is -1.18. The topological polar surface area (TPSA) is 82.1 Å². The SMILES string of the molecule is CC(=O)O[C@@H]1C[C@@H](COC(=O)c2ccccc2)O[C@H]1O. The van der Waals surface area contributed by atoms with Crippen LogP contribution >= 0.6 is 0 Å². The average Bonchev–Trinajstić information content (AvgIpc) is 2.77. The molecule has 108 valence electrons. The van der Waals surface area contributed by atoms with Crippen LogP contribution in [-0.4, -0.2) is 42.1 Å². The zero-order valence-corrected chi connectivity index (χ0v) is 11.0. The fraction of sp³-hybridized carbons (Fsp3) is 0.429. The number of aliphatic hydroxyl groups excluding tert-OH is 1. The summed E-state index contributed by atoms with van der Waals surface area (Å²) < 4.78 is 15.2. The Kier molecular flexibility index (Phi) is 4.70. The van der Waals surface area contributed by atoms with E-state index in [1.807, 2.05) is 0 Å². The number of carbonyl (C=O) groups is 2. The minimum Gasteiger partial charge on any atom is -0.459 e. The van der Waals surface area contributed by atoms with Crippen LogP contribution < -0.4 is 0 Å². The lowest BCUT2D eigenvalue weighted by molar-refractivity contribution is -0.168. The van der Waals surface area contributed by atoms with Gasteiger partial charge in [0.1, 0.15) is 6.61 Å².